The predicted octanol–water partition coefficient (Wildman–Crippen LogP) is 5.37. The summed E-state index contributed by atoms with van der Waals surface area (Å²) in [6.45, 7) is 14.5. The van der Waals surface area contributed by atoms with Gasteiger partial charge in [0.05, 0.1) is 0 Å². The summed E-state index contributed by atoms with van der Waals surface area (Å²) >= 11 is 0. The third-order valence-electron chi connectivity index (χ3n) is 3.20. The Hall–Kier alpha value is -1.58. The molecule has 0 amide bonds. The number of ether oxygens (including phenoxy) is 2. The molecule has 0 spiro atoms. The van der Waals surface area contributed by atoms with Crippen molar-refractivity contribution in [2.24, 2.45) is 0 Å². The molecule has 0 heterocycles. The van der Waals surface area contributed by atoms with Crippen LogP contribution in [0.4, 0.5) is 0 Å². The lowest BCUT2D eigenvalue weighted by molar-refractivity contribution is -0.147. The minimum atomic E-state index is -0.489. The van der Waals surface area contributed by atoms with E-state index in [1.165, 1.54) is 51.4 Å². The van der Waals surface area contributed by atoms with Gasteiger partial charge in [-0.3, -0.25) is 0 Å². The Bertz CT molecular complexity index is 336. The molecule has 0 aromatic rings. The van der Waals surface area contributed by atoms with Crippen LogP contribution in [0.3, 0.4) is 0 Å². The number of rotatable bonds is 12. The molecule has 0 saturated heterocycles. The number of hydrogen-bond acceptors (Lipinski definition) is 4. The van der Waals surface area contributed by atoms with Crippen molar-refractivity contribution in [1.29, 1.82) is 0 Å². The Morgan fingerprint density at radius 2 is 0.958 bits per heavy atom. The lowest BCUT2D eigenvalue weighted by Gasteiger charge is -2.05. The van der Waals surface area contributed by atoms with Gasteiger partial charge >= 0.3 is 11.9 Å². The Labute approximate surface area is 148 Å². The number of carbonyl (C=O) groups excluding carboxylic acids is 2. The highest BCUT2D eigenvalue weighted by Crippen LogP contribution is 2.07. The molecule has 0 atom stereocenters. The summed E-state index contributed by atoms with van der Waals surface area (Å²) < 4.78 is 9.38. The van der Waals surface area contributed by atoms with Crippen molar-refractivity contribution < 1.29 is 19.1 Å². The summed E-state index contributed by atoms with van der Waals surface area (Å²) in [5.41, 5.74) is 0.632. The average Bonchev–Trinajstić information content (AvgIpc) is 2.54. The van der Waals surface area contributed by atoms with Gasteiger partial charge in [-0.15, -0.1) is 0 Å². The van der Waals surface area contributed by atoms with Gasteiger partial charge in [0.25, 0.3) is 0 Å². The van der Waals surface area contributed by atoms with E-state index in [1.54, 1.807) is 13.8 Å². The molecule has 0 aliphatic rings. The molecular weight excluding hydrogens is 304 g/mol. The van der Waals surface area contributed by atoms with Crippen LogP contribution >= 0.6 is 0 Å². The van der Waals surface area contributed by atoms with Crippen LogP contribution in [0.1, 0.15) is 79.1 Å². The quantitative estimate of drug-likeness (QED) is 0.272. The van der Waals surface area contributed by atoms with E-state index in [9.17, 15) is 9.59 Å². The molecule has 0 aliphatic carbocycles. The van der Waals surface area contributed by atoms with Crippen molar-refractivity contribution >= 4 is 11.9 Å². The number of hydrogen-bond donors (Lipinski definition) is 0. The molecule has 0 unspecified atom stereocenters. The summed E-state index contributed by atoms with van der Waals surface area (Å²) in [5.74, 6) is -0.979. The third kappa shape index (κ3) is 18.5. The highest BCUT2D eigenvalue weighted by Gasteiger charge is 2.05. The number of carbonyl (C=O) groups is 2. The first kappa shape index (κ1) is 24.7. The minimum Gasteiger partial charge on any atom is -0.459 e. The molecule has 0 radical (unpaired) electrons. The highest BCUT2D eigenvalue weighted by molar-refractivity contribution is 5.87. The Balaban J connectivity index is 0. The zero-order valence-electron chi connectivity index (χ0n) is 16.1. The lowest BCUT2D eigenvalue weighted by Crippen LogP contribution is -2.14. The Morgan fingerprint density at radius 3 is 1.21 bits per heavy atom. The molecule has 4 nitrogen and oxygen atoms in total. The molecule has 140 valence electrons. The van der Waals surface area contributed by atoms with Crippen molar-refractivity contribution in [3.8, 4) is 0 Å². The van der Waals surface area contributed by atoms with E-state index in [0.29, 0.717) is 11.1 Å². The van der Waals surface area contributed by atoms with E-state index in [0.717, 1.165) is 0 Å². The van der Waals surface area contributed by atoms with Crippen LogP contribution in [0.15, 0.2) is 24.3 Å². The molecule has 0 saturated carbocycles. The largest absolute Gasteiger partial charge is 0.459 e. The standard InChI is InChI=1S/C10H14O4.C10H22/c1-7(2)9(11)13-5-6-14-10(12)8(3)4;1-3-5-7-9-10-8-6-4-2/h1,3,5-6H2,2,4H3;3-10H2,1-2H3. The second-order valence-corrected chi connectivity index (χ2v) is 5.95. The van der Waals surface area contributed by atoms with Crippen LogP contribution in [0.25, 0.3) is 0 Å². The van der Waals surface area contributed by atoms with Crippen LogP contribution < -0.4 is 0 Å². The summed E-state index contributed by atoms with van der Waals surface area (Å²) in [6, 6.07) is 0. The second-order valence-electron chi connectivity index (χ2n) is 5.95. The molecule has 0 aliphatic heterocycles. The first-order valence-electron chi connectivity index (χ1n) is 9.02. The van der Waals surface area contributed by atoms with Crippen molar-refractivity contribution in [2.45, 2.75) is 79.1 Å². The fourth-order valence-electron chi connectivity index (χ4n) is 1.72. The fourth-order valence-corrected chi connectivity index (χ4v) is 1.72. The average molecular weight is 341 g/mol. The highest BCUT2D eigenvalue weighted by atomic mass is 16.6. The maximum atomic E-state index is 10.8. The maximum Gasteiger partial charge on any atom is 0.333 e. The van der Waals surface area contributed by atoms with Gasteiger partial charge in [0.15, 0.2) is 0 Å². The number of esters is 2. The van der Waals surface area contributed by atoms with Gasteiger partial charge < -0.3 is 9.47 Å². The first-order chi connectivity index (χ1) is 11.4. The molecule has 0 N–H and O–H groups in total. The molecule has 0 aromatic carbocycles. The number of unbranched alkanes of at least 4 members (excludes halogenated alkanes) is 7. The fraction of sp³-hybridized carbons (Fsp3) is 0.700. The molecule has 0 bridgehead atoms. The van der Waals surface area contributed by atoms with Crippen LogP contribution in [0.2, 0.25) is 0 Å². The zero-order valence-corrected chi connectivity index (χ0v) is 16.1. The van der Waals surface area contributed by atoms with E-state index >= 15 is 0 Å². The van der Waals surface area contributed by atoms with Crippen LogP contribution in [0.5, 0.6) is 0 Å². The van der Waals surface area contributed by atoms with Crippen molar-refractivity contribution in [3.05, 3.63) is 24.3 Å². The molecular formula is C20H36O4. The van der Waals surface area contributed by atoms with Crippen LogP contribution in [-0.4, -0.2) is 25.2 Å². The van der Waals surface area contributed by atoms with E-state index < -0.39 is 11.9 Å². The molecule has 0 fully saturated rings. The van der Waals surface area contributed by atoms with Crippen LogP contribution in [-0.2, 0) is 19.1 Å². The first-order valence-corrected chi connectivity index (χ1v) is 9.02. The van der Waals surface area contributed by atoms with Gasteiger partial charge in [0.2, 0.25) is 0 Å². The normalized spacial score (nSPS) is 9.50. The molecule has 0 rings (SSSR count). The van der Waals surface area contributed by atoms with Gasteiger partial charge in [0.1, 0.15) is 13.2 Å². The molecule has 0 aromatic heterocycles. The van der Waals surface area contributed by atoms with Crippen LogP contribution in [0, 0.1) is 0 Å². The van der Waals surface area contributed by atoms with Gasteiger partial charge in [-0.05, 0) is 13.8 Å². The Morgan fingerprint density at radius 1 is 0.667 bits per heavy atom. The second kappa shape index (κ2) is 17.8. The maximum absolute atomic E-state index is 10.8. The van der Waals surface area contributed by atoms with Gasteiger partial charge in [-0.2, -0.15) is 0 Å². The van der Waals surface area contributed by atoms with Gasteiger partial charge in [0, 0.05) is 11.1 Å². The van der Waals surface area contributed by atoms with Gasteiger partial charge in [-0.25, -0.2) is 9.59 Å². The zero-order chi connectivity index (χ0) is 18.8. The monoisotopic (exact) mass is 340 g/mol. The van der Waals surface area contributed by atoms with Gasteiger partial charge in [-0.1, -0.05) is 78.4 Å². The molecule has 24 heavy (non-hydrogen) atoms. The van der Waals surface area contributed by atoms with Crippen molar-refractivity contribution in [1.82, 2.24) is 0 Å². The summed E-state index contributed by atoms with van der Waals surface area (Å²) in [6.07, 6.45) is 11.5. The molecule has 4 heteroatoms. The predicted molar refractivity (Wildman–Crippen MR) is 99.8 cm³/mol. The van der Waals surface area contributed by atoms with E-state index in [1.807, 2.05) is 0 Å². The smallest absolute Gasteiger partial charge is 0.333 e. The Kier molecular flexibility index (Phi) is 18.3. The third-order valence-corrected chi connectivity index (χ3v) is 3.20. The summed E-state index contributed by atoms with van der Waals surface area (Å²) in [7, 11) is 0. The van der Waals surface area contributed by atoms with Crippen molar-refractivity contribution in [2.75, 3.05) is 13.2 Å². The summed E-state index contributed by atoms with van der Waals surface area (Å²) in [5, 5.41) is 0. The van der Waals surface area contributed by atoms with E-state index in [4.69, 9.17) is 0 Å². The SMILES string of the molecule is C=C(C)C(=O)OCCOC(=O)C(=C)C.CCCCCCCCCC. The van der Waals surface area contributed by atoms with E-state index in [-0.39, 0.29) is 13.2 Å². The summed E-state index contributed by atoms with van der Waals surface area (Å²) in [4.78, 5) is 21.7. The lowest BCUT2D eigenvalue weighted by atomic mass is 10.1. The van der Waals surface area contributed by atoms with E-state index in [2.05, 4.69) is 36.5 Å². The minimum absolute atomic E-state index is 0.0325. The topological polar surface area (TPSA) is 52.6 Å². The van der Waals surface area contributed by atoms with Crippen molar-refractivity contribution in [3.63, 3.8) is 0 Å².